The minimum atomic E-state index is 0.120. The third kappa shape index (κ3) is 4.64. The lowest BCUT2D eigenvalue weighted by Gasteiger charge is -2.13. The van der Waals surface area contributed by atoms with Crippen molar-refractivity contribution in [1.82, 2.24) is 5.32 Å². The average molecular weight is 223 g/mol. The molecule has 16 heavy (non-hydrogen) atoms. The van der Waals surface area contributed by atoms with E-state index in [1.54, 1.807) is 0 Å². The second kappa shape index (κ2) is 6.51. The van der Waals surface area contributed by atoms with Crippen LogP contribution < -0.4 is 10.1 Å². The van der Waals surface area contributed by atoms with Gasteiger partial charge in [-0.1, -0.05) is 12.1 Å². The van der Waals surface area contributed by atoms with Crippen LogP contribution in [0.25, 0.3) is 0 Å². The van der Waals surface area contributed by atoms with E-state index in [-0.39, 0.29) is 18.8 Å². The fraction of sp³-hybridized carbons (Fsp3) is 0.538. The van der Waals surface area contributed by atoms with Crippen molar-refractivity contribution in [3.05, 3.63) is 29.8 Å². The van der Waals surface area contributed by atoms with E-state index in [4.69, 9.17) is 9.84 Å². The lowest BCUT2D eigenvalue weighted by atomic mass is 10.2. The first kappa shape index (κ1) is 13.0. The Hall–Kier alpha value is -1.06. The molecule has 1 atom stereocenters. The van der Waals surface area contributed by atoms with E-state index in [9.17, 15) is 0 Å². The van der Waals surface area contributed by atoms with Crippen molar-refractivity contribution in [2.45, 2.75) is 39.5 Å². The molecule has 0 amide bonds. The van der Waals surface area contributed by atoms with Crippen molar-refractivity contribution < 1.29 is 9.84 Å². The zero-order valence-electron chi connectivity index (χ0n) is 10.2. The zero-order chi connectivity index (χ0) is 12.0. The van der Waals surface area contributed by atoms with Crippen LogP contribution in [-0.2, 0) is 6.54 Å². The molecule has 0 unspecified atom stereocenters. The minimum Gasteiger partial charge on any atom is -0.491 e. The van der Waals surface area contributed by atoms with E-state index in [0.29, 0.717) is 0 Å². The normalized spacial score (nSPS) is 12.8. The van der Waals surface area contributed by atoms with E-state index in [0.717, 1.165) is 12.3 Å². The Morgan fingerprint density at radius 1 is 1.31 bits per heavy atom. The molecule has 0 fully saturated rings. The standard InChI is InChI=1S/C13H21NO2/c1-10(2)16-13-6-4-5-12(7-13)8-14-11(3)9-15/h4-7,10-11,14-15H,8-9H2,1-3H3/t11-/m0/s1. The van der Waals surface area contributed by atoms with Crippen molar-refractivity contribution in [2.75, 3.05) is 6.61 Å². The Bertz CT molecular complexity index is 313. The summed E-state index contributed by atoms with van der Waals surface area (Å²) in [5, 5.41) is 12.1. The molecule has 0 aliphatic carbocycles. The highest BCUT2D eigenvalue weighted by Gasteiger charge is 2.01. The quantitative estimate of drug-likeness (QED) is 0.774. The summed E-state index contributed by atoms with van der Waals surface area (Å²) in [6, 6.07) is 8.13. The molecule has 0 saturated heterocycles. The molecule has 3 nitrogen and oxygen atoms in total. The van der Waals surface area contributed by atoms with Gasteiger partial charge in [-0.15, -0.1) is 0 Å². The van der Waals surface area contributed by atoms with Gasteiger partial charge in [0.1, 0.15) is 5.75 Å². The van der Waals surface area contributed by atoms with Crippen LogP contribution in [0, 0.1) is 0 Å². The van der Waals surface area contributed by atoms with Crippen LogP contribution in [0.2, 0.25) is 0 Å². The van der Waals surface area contributed by atoms with Gasteiger partial charge in [-0.2, -0.15) is 0 Å². The Morgan fingerprint density at radius 3 is 2.69 bits per heavy atom. The largest absolute Gasteiger partial charge is 0.491 e. The van der Waals surface area contributed by atoms with Gasteiger partial charge in [-0.05, 0) is 38.5 Å². The molecule has 0 bridgehead atoms. The van der Waals surface area contributed by atoms with Crippen LogP contribution in [0.4, 0.5) is 0 Å². The smallest absolute Gasteiger partial charge is 0.120 e. The first-order valence-corrected chi connectivity index (χ1v) is 5.71. The van der Waals surface area contributed by atoms with E-state index < -0.39 is 0 Å². The van der Waals surface area contributed by atoms with Gasteiger partial charge in [0.25, 0.3) is 0 Å². The molecule has 0 saturated carbocycles. The maximum atomic E-state index is 8.90. The second-order valence-electron chi connectivity index (χ2n) is 4.28. The number of aliphatic hydroxyl groups excluding tert-OH is 1. The van der Waals surface area contributed by atoms with E-state index in [2.05, 4.69) is 5.32 Å². The molecule has 0 aliphatic heterocycles. The minimum absolute atomic E-state index is 0.120. The molecule has 0 aliphatic rings. The van der Waals surface area contributed by atoms with Crippen molar-refractivity contribution in [1.29, 1.82) is 0 Å². The average Bonchev–Trinajstić information content (AvgIpc) is 2.25. The Morgan fingerprint density at radius 2 is 2.06 bits per heavy atom. The lowest BCUT2D eigenvalue weighted by Crippen LogP contribution is -2.28. The SMILES string of the molecule is CC(C)Oc1cccc(CN[C@@H](C)CO)c1. The van der Waals surface area contributed by atoms with Gasteiger partial charge < -0.3 is 15.2 Å². The van der Waals surface area contributed by atoms with Gasteiger partial charge in [0.05, 0.1) is 12.7 Å². The molecule has 0 spiro atoms. The topological polar surface area (TPSA) is 41.5 Å². The van der Waals surface area contributed by atoms with Crippen molar-refractivity contribution >= 4 is 0 Å². The monoisotopic (exact) mass is 223 g/mol. The van der Waals surface area contributed by atoms with Crippen molar-refractivity contribution in [2.24, 2.45) is 0 Å². The summed E-state index contributed by atoms with van der Waals surface area (Å²) in [4.78, 5) is 0. The number of rotatable bonds is 6. The number of aliphatic hydroxyl groups is 1. The molecule has 0 radical (unpaired) electrons. The maximum absolute atomic E-state index is 8.90. The number of hydrogen-bond donors (Lipinski definition) is 2. The molecule has 0 heterocycles. The van der Waals surface area contributed by atoms with E-state index in [1.165, 1.54) is 5.56 Å². The number of nitrogens with one attached hydrogen (secondary N) is 1. The van der Waals surface area contributed by atoms with Gasteiger partial charge in [0.15, 0.2) is 0 Å². The number of ether oxygens (including phenoxy) is 1. The fourth-order valence-electron chi connectivity index (χ4n) is 1.36. The summed E-state index contributed by atoms with van der Waals surface area (Å²) < 4.78 is 5.61. The van der Waals surface area contributed by atoms with Crippen LogP contribution in [0.1, 0.15) is 26.3 Å². The first-order valence-electron chi connectivity index (χ1n) is 5.71. The third-order valence-corrected chi connectivity index (χ3v) is 2.20. The van der Waals surface area contributed by atoms with Gasteiger partial charge in [-0.25, -0.2) is 0 Å². The molecule has 2 N–H and O–H groups in total. The molecule has 1 aromatic carbocycles. The van der Waals surface area contributed by atoms with Crippen molar-refractivity contribution in [3.63, 3.8) is 0 Å². The predicted molar refractivity (Wildman–Crippen MR) is 65.6 cm³/mol. The molecular formula is C13H21NO2. The molecule has 1 aromatic rings. The van der Waals surface area contributed by atoms with Crippen LogP contribution in [0.5, 0.6) is 5.75 Å². The Balaban J connectivity index is 2.53. The van der Waals surface area contributed by atoms with Crippen LogP contribution >= 0.6 is 0 Å². The summed E-state index contributed by atoms with van der Waals surface area (Å²) in [5.41, 5.74) is 1.17. The molecular weight excluding hydrogens is 202 g/mol. The lowest BCUT2D eigenvalue weighted by molar-refractivity contribution is 0.241. The molecule has 1 rings (SSSR count). The highest BCUT2D eigenvalue weighted by atomic mass is 16.5. The number of benzene rings is 1. The summed E-state index contributed by atoms with van der Waals surface area (Å²) in [6.07, 6.45) is 0.194. The highest BCUT2D eigenvalue weighted by molar-refractivity contribution is 5.28. The van der Waals surface area contributed by atoms with Crippen molar-refractivity contribution in [3.8, 4) is 5.75 Å². The summed E-state index contributed by atoms with van der Waals surface area (Å²) >= 11 is 0. The van der Waals surface area contributed by atoms with Gasteiger partial charge in [-0.3, -0.25) is 0 Å². The fourth-order valence-corrected chi connectivity index (χ4v) is 1.36. The van der Waals surface area contributed by atoms with Gasteiger partial charge in [0.2, 0.25) is 0 Å². The Labute approximate surface area is 97.4 Å². The molecule has 0 aromatic heterocycles. The predicted octanol–water partition coefficient (Wildman–Crippen LogP) is 1.94. The van der Waals surface area contributed by atoms with E-state index in [1.807, 2.05) is 45.0 Å². The Kier molecular flexibility index (Phi) is 5.29. The van der Waals surface area contributed by atoms with E-state index >= 15 is 0 Å². The summed E-state index contributed by atoms with van der Waals surface area (Å²) in [5.74, 6) is 0.894. The van der Waals surface area contributed by atoms with Crippen LogP contribution in [0.3, 0.4) is 0 Å². The first-order chi connectivity index (χ1) is 7.61. The van der Waals surface area contributed by atoms with Gasteiger partial charge in [0, 0.05) is 12.6 Å². The zero-order valence-corrected chi connectivity index (χ0v) is 10.2. The van der Waals surface area contributed by atoms with Crippen LogP contribution in [-0.4, -0.2) is 23.9 Å². The number of hydrogen-bond acceptors (Lipinski definition) is 3. The molecule has 3 heteroatoms. The molecule has 90 valence electrons. The van der Waals surface area contributed by atoms with Crippen LogP contribution in [0.15, 0.2) is 24.3 Å². The van der Waals surface area contributed by atoms with Gasteiger partial charge >= 0.3 is 0 Å². The highest BCUT2D eigenvalue weighted by Crippen LogP contribution is 2.14. The summed E-state index contributed by atoms with van der Waals surface area (Å²) in [6.45, 7) is 6.88. The third-order valence-electron chi connectivity index (χ3n) is 2.20. The maximum Gasteiger partial charge on any atom is 0.120 e. The second-order valence-corrected chi connectivity index (χ2v) is 4.28. The summed E-state index contributed by atoms with van der Waals surface area (Å²) in [7, 11) is 0.